The topological polar surface area (TPSA) is 57.7 Å². The second-order valence-corrected chi connectivity index (χ2v) is 7.72. The van der Waals surface area contributed by atoms with Crippen molar-refractivity contribution in [2.45, 2.75) is 57.3 Å². The highest BCUT2D eigenvalue weighted by Crippen LogP contribution is 2.36. The van der Waals surface area contributed by atoms with Crippen molar-refractivity contribution in [2.75, 3.05) is 26.7 Å². The molecule has 0 bridgehead atoms. The average molecular weight is 346 g/mol. The summed E-state index contributed by atoms with van der Waals surface area (Å²) < 4.78 is 6.25. The monoisotopic (exact) mass is 346 g/mol. The first kappa shape index (κ1) is 18.1. The smallest absolute Gasteiger partial charge is 0.317 e. The number of carbonyl (C=O) groups excluding carboxylic acids is 1. The predicted molar refractivity (Wildman–Crippen MR) is 97.3 cm³/mol. The number of pyridine rings is 1. The second-order valence-electron chi connectivity index (χ2n) is 7.72. The molecular weight excluding hydrogens is 316 g/mol. The summed E-state index contributed by atoms with van der Waals surface area (Å²) >= 11 is 0. The van der Waals surface area contributed by atoms with Gasteiger partial charge in [-0.1, -0.05) is 6.07 Å². The lowest BCUT2D eigenvalue weighted by Crippen LogP contribution is -2.54. The van der Waals surface area contributed by atoms with E-state index in [1.807, 2.05) is 37.1 Å². The SMILES string of the molecule is CC(C)NC(=O)N1CCCC2(CC(N(C)Cc3ccccn3)CO2)C1. The first-order chi connectivity index (χ1) is 12.0. The molecule has 1 spiro atoms. The number of nitrogens with one attached hydrogen (secondary N) is 1. The maximum absolute atomic E-state index is 12.3. The number of likely N-dealkylation sites (N-methyl/N-ethyl adjacent to an activating group) is 1. The van der Waals surface area contributed by atoms with E-state index in [2.05, 4.69) is 28.3 Å². The standard InChI is InChI=1S/C19H30N4O2/c1-15(2)21-18(24)23-10-6-8-19(14-23)11-17(13-25-19)22(3)12-16-7-4-5-9-20-16/h4-5,7,9,15,17H,6,8,10-14H2,1-3H3,(H,21,24). The zero-order chi connectivity index (χ0) is 17.9. The summed E-state index contributed by atoms with van der Waals surface area (Å²) in [6.45, 7) is 7.04. The summed E-state index contributed by atoms with van der Waals surface area (Å²) in [6.07, 6.45) is 4.85. The molecule has 1 aromatic heterocycles. The van der Waals surface area contributed by atoms with Gasteiger partial charge in [-0.25, -0.2) is 4.79 Å². The van der Waals surface area contributed by atoms with Gasteiger partial charge in [0.05, 0.1) is 24.4 Å². The normalized spacial score (nSPS) is 26.6. The first-order valence-corrected chi connectivity index (χ1v) is 9.27. The van der Waals surface area contributed by atoms with Crippen LogP contribution in [0.25, 0.3) is 0 Å². The highest BCUT2D eigenvalue weighted by molar-refractivity contribution is 5.74. The van der Waals surface area contributed by atoms with Gasteiger partial charge in [-0.3, -0.25) is 9.88 Å². The lowest BCUT2D eigenvalue weighted by molar-refractivity contribution is -0.0415. The highest BCUT2D eigenvalue weighted by Gasteiger charge is 2.45. The number of carbonyl (C=O) groups is 1. The molecule has 2 fully saturated rings. The number of likely N-dealkylation sites (tertiary alicyclic amines) is 1. The number of ether oxygens (including phenoxy) is 1. The summed E-state index contributed by atoms with van der Waals surface area (Å²) in [6, 6.07) is 6.58. The Balaban J connectivity index is 1.58. The number of hydrogen-bond acceptors (Lipinski definition) is 4. The van der Waals surface area contributed by atoms with Crippen molar-refractivity contribution in [3.8, 4) is 0 Å². The van der Waals surface area contributed by atoms with E-state index in [1.54, 1.807) is 0 Å². The lowest BCUT2D eigenvalue weighted by Gasteiger charge is -2.40. The number of aromatic nitrogens is 1. The summed E-state index contributed by atoms with van der Waals surface area (Å²) in [5.41, 5.74) is 0.892. The van der Waals surface area contributed by atoms with E-state index in [0.29, 0.717) is 12.6 Å². The quantitative estimate of drug-likeness (QED) is 0.908. The first-order valence-electron chi connectivity index (χ1n) is 9.27. The molecule has 1 aromatic rings. The molecule has 0 saturated carbocycles. The third kappa shape index (κ3) is 4.50. The van der Waals surface area contributed by atoms with Crippen LogP contribution in [0, 0.1) is 0 Å². The predicted octanol–water partition coefficient (Wildman–Crippen LogP) is 2.25. The van der Waals surface area contributed by atoms with Crippen LogP contribution in [0.1, 0.15) is 38.8 Å². The molecule has 2 amide bonds. The van der Waals surface area contributed by atoms with Crippen LogP contribution in [0.15, 0.2) is 24.4 Å². The largest absolute Gasteiger partial charge is 0.371 e. The fraction of sp³-hybridized carbons (Fsp3) is 0.684. The molecule has 3 heterocycles. The minimum atomic E-state index is -0.185. The molecule has 1 N–H and O–H groups in total. The Morgan fingerprint density at radius 1 is 1.52 bits per heavy atom. The summed E-state index contributed by atoms with van der Waals surface area (Å²) in [5.74, 6) is 0. The van der Waals surface area contributed by atoms with E-state index in [1.165, 1.54) is 0 Å². The number of urea groups is 1. The van der Waals surface area contributed by atoms with E-state index in [0.717, 1.165) is 44.7 Å². The van der Waals surface area contributed by atoms with Gasteiger partial charge in [-0.2, -0.15) is 0 Å². The van der Waals surface area contributed by atoms with E-state index >= 15 is 0 Å². The van der Waals surface area contributed by atoms with Crippen molar-refractivity contribution < 1.29 is 9.53 Å². The van der Waals surface area contributed by atoms with Gasteiger partial charge in [-0.15, -0.1) is 0 Å². The number of hydrogen-bond donors (Lipinski definition) is 1. The molecule has 2 atom stereocenters. The molecule has 2 aliphatic rings. The van der Waals surface area contributed by atoms with Crippen molar-refractivity contribution in [2.24, 2.45) is 0 Å². The van der Waals surface area contributed by atoms with Crippen LogP contribution in [-0.2, 0) is 11.3 Å². The Morgan fingerprint density at radius 2 is 2.36 bits per heavy atom. The molecule has 2 aliphatic heterocycles. The van der Waals surface area contributed by atoms with Crippen molar-refractivity contribution in [1.82, 2.24) is 20.1 Å². The fourth-order valence-electron chi connectivity index (χ4n) is 3.87. The molecule has 138 valence electrons. The molecule has 25 heavy (non-hydrogen) atoms. The van der Waals surface area contributed by atoms with Gasteiger partial charge < -0.3 is 15.0 Å². The fourth-order valence-corrected chi connectivity index (χ4v) is 3.87. The maximum atomic E-state index is 12.3. The van der Waals surface area contributed by atoms with Gasteiger partial charge in [0, 0.05) is 31.4 Å². The van der Waals surface area contributed by atoms with Gasteiger partial charge in [0.25, 0.3) is 0 Å². The lowest BCUT2D eigenvalue weighted by atomic mass is 9.88. The Hall–Kier alpha value is -1.66. The van der Waals surface area contributed by atoms with Gasteiger partial charge in [0.15, 0.2) is 0 Å². The number of nitrogens with zero attached hydrogens (tertiary/aromatic N) is 3. The van der Waals surface area contributed by atoms with Crippen molar-refractivity contribution >= 4 is 6.03 Å². The minimum absolute atomic E-state index is 0.0305. The molecule has 6 nitrogen and oxygen atoms in total. The Labute approximate surface area is 150 Å². The van der Waals surface area contributed by atoms with E-state index in [4.69, 9.17) is 4.74 Å². The third-order valence-corrected chi connectivity index (χ3v) is 5.19. The number of amides is 2. The van der Waals surface area contributed by atoms with Crippen LogP contribution in [0.3, 0.4) is 0 Å². The molecule has 0 aromatic carbocycles. The summed E-state index contributed by atoms with van der Waals surface area (Å²) in [4.78, 5) is 21.0. The Morgan fingerprint density at radius 3 is 3.08 bits per heavy atom. The molecule has 0 aliphatic carbocycles. The van der Waals surface area contributed by atoms with E-state index in [9.17, 15) is 4.79 Å². The zero-order valence-corrected chi connectivity index (χ0v) is 15.6. The van der Waals surface area contributed by atoms with Crippen molar-refractivity contribution in [3.05, 3.63) is 30.1 Å². The van der Waals surface area contributed by atoms with E-state index < -0.39 is 0 Å². The van der Waals surface area contributed by atoms with Gasteiger partial charge in [-0.05, 0) is 52.3 Å². The van der Waals surface area contributed by atoms with Crippen LogP contribution in [-0.4, -0.2) is 65.2 Å². The molecule has 2 unspecified atom stereocenters. The maximum Gasteiger partial charge on any atom is 0.317 e. The third-order valence-electron chi connectivity index (χ3n) is 5.19. The second kappa shape index (κ2) is 7.70. The van der Waals surface area contributed by atoms with Crippen LogP contribution >= 0.6 is 0 Å². The molecule has 3 rings (SSSR count). The van der Waals surface area contributed by atoms with Crippen LogP contribution in [0.2, 0.25) is 0 Å². The Kier molecular flexibility index (Phi) is 5.59. The van der Waals surface area contributed by atoms with Crippen molar-refractivity contribution in [3.63, 3.8) is 0 Å². The molecule has 0 radical (unpaired) electrons. The van der Waals surface area contributed by atoms with E-state index in [-0.39, 0.29) is 17.7 Å². The number of rotatable bonds is 4. The zero-order valence-electron chi connectivity index (χ0n) is 15.6. The summed E-state index contributed by atoms with van der Waals surface area (Å²) in [5, 5.41) is 3.00. The van der Waals surface area contributed by atoms with Gasteiger partial charge in [0.1, 0.15) is 0 Å². The number of piperidine rings is 1. The highest BCUT2D eigenvalue weighted by atomic mass is 16.5. The molecule has 2 saturated heterocycles. The van der Waals surface area contributed by atoms with Crippen LogP contribution in [0.5, 0.6) is 0 Å². The molecular formula is C19H30N4O2. The average Bonchev–Trinajstić information content (AvgIpc) is 2.99. The Bertz CT molecular complexity index is 580. The molecule has 6 heteroatoms. The van der Waals surface area contributed by atoms with Crippen LogP contribution < -0.4 is 5.32 Å². The van der Waals surface area contributed by atoms with Gasteiger partial charge in [0.2, 0.25) is 0 Å². The van der Waals surface area contributed by atoms with Crippen LogP contribution in [0.4, 0.5) is 4.79 Å². The van der Waals surface area contributed by atoms with Gasteiger partial charge >= 0.3 is 6.03 Å². The minimum Gasteiger partial charge on any atom is -0.371 e. The van der Waals surface area contributed by atoms with Crippen molar-refractivity contribution in [1.29, 1.82) is 0 Å². The summed E-state index contributed by atoms with van der Waals surface area (Å²) in [7, 11) is 2.13.